The molecule has 3 aromatic rings. The number of rotatable bonds is 7. The van der Waals surface area contributed by atoms with E-state index in [-0.39, 0.29) is 0 Å². The lowest BCUT2D eigenvalue weighted by molar-refractivity contribution is -0.192. The Morgan fingerprint density at radius 1 is 1.08 bits per heavy atom. The Kier molecular flexibility index (Phi) is 11.6. The highest BCUT2D eigenvalue weighted by atomic mass is 19.4. The molecule has 36 heavy (non-hydrogen) atoms. The van der Waals surface area contributed by atoms with Crippen molar-refractivity contribution in [2.24, 2.45) is 11.5 Å². The number of amides is 1. The van der Waals surface area contributed by atoms with Gasteiger partial charge < -0.3 is 32.2 Å². The number of nitrogens with one attached hydrogen (secondary N) is 3. The van der Waals surface area contributed by atoms with Crippen molar-refractivity contribution in [2.75, 3.05) is 10.6 Å². The van der Waals surface area contributed by atoms with Crippen LogP contribution in [-0.4, -0.2) is 50.2 Å². The molecule has 0 fully saturated rings. The minimum atomic E-state index is -5.08. The number of primary amides is 1. The molecule has 2 heterocycles. The molecule has 0 spiro atoms. The Labute approximate surface area is 206 Å². The Balaban J connectivity index is 0.000000450. The standard InChI is InChI=1S/C17H20N6O.C4H11N.C2HF3O2/c1-3-10(2)20-16-13-8-9-19-15(13)22-17(23-16)21-12-6-4-11(5-7-12)14(18)24;1-3-4(2)5;3-2(4,5)1(6)7/h4-10H,3H2,1-2H3,(H2,18,24)(H3,19,20,21,22,23);4H,3,5H2,1-2H3;(H,6,7)/t10-;4-;/m10./s1. The number of H-pyrrole nitrogens is 1. The zero-order chi connectivity index (χ0) is 27.5. The van der Waals surface area contributed by atoms with Crippen LogP contribution >= 0.6 is 0 Å². The third-order valence-corrected chi connectivity index (χ3v) is 4.72. The number of nitrogens with zero attached hydrogens (tertiary/aromatic N) is 2. The number of halogens is 3. The van der Waals surface area contributed by atoms with Gasteiger partial charge in [-0.2, -0.15) is 23.1 Å². The number of fused-ring (bicyclic) bond motifs is 1. The van der Waals surface area contributed by atoms with Crippen LogP contribution in [0.5, 0.6) is 0 Å². The van der Waals surface area contributed by atoms with Crippen molar-refractivity contribution >= 4 is 40.4 Å². The van der Waals surface area contributed by atoms with Crippen LogP contribution in [0.15, 0.2) is 36.5 Å². The highest BCUT2D eigenvalue weighted by Crippen LogP contribution is 2.24. The first kappa shape index (κ1) is 30.2. The van der Waals surface area contributed by atoms with Gasteiger partial charge in [-0.25, -0.2) is 4.79 Å². The normalized spacial score (nSPS) is 12.3. The van der Waals surface area contributed by atoms with Crippen LogP contribution in [0.4, 0.5) is 30.6 Å². The number of hydrogen-bond donors (Lipinski definition) is 6. The van der Waals surface area contributed by atoms with Gasteiger partial charge in [-0.3, -0.25) is 4.79 Å². The molecule has 0 saturated carbocycles. The zero-order valence-corrected chi connectivity index (χ0v) is 20.5. The molecule has 2 aromatic heterocycles. The quantitative estimate of drug-likeness (QED) is 0.271. The molecule has 0 unspecified atom stereocenters. The average Bonchev–Trinajstić information content (AvgIpc) is 3.28. The summed E-state index contributed by atoms with van der Waals surface area (Å²) >= 11 is 0. The number of hydrogen-bond acceptors (Lipinski definition) is 7. The predicted molar refractivity (Wildman–Crippen MR) is 133 cm³/mol. The lowest BCUT2D eigenvalue weighted by atomic mass is 10.2. The monoisotopic (exact) mass is 511 g/mol. The zero-order valence-electron chi connectivity index (χ0n) is 20.5. The van der Waals surface area contributed by atoms with E-state index in [4.69, 9.17) is 21.4 Å². The molecule has 2 atom stereocenters. The average molecular weight is 512 g/mol. The lowest BCUT2D eigenvalue weighted by Crippen LogP contribution is -2.21. The van der Waals surface area contributed by atoms with Crippen LogP contribution in [0.2, 0.25) is 0 Å². The molecule has 10 nitrogen and oxygen atoms in total. The van der Waals surface area contributed by atoms with Gasteiger partial charge in [0.25, 0.3) is 0 Å². The van der Waals surface area contributed by atoms with Crippen LogP contribution in [0.1, 0.15) is 50.9 Å². The SMILES string of the molecule is CC[C@@H](C)Nc1nc(Nc2ccc(C(N)=O)cc2)nc2[nH]ccc12.CC[C@H](C)N.O=C(O)C(F)(F)F. The van der Waals surface area contributed by atoms with Crippen molar-refractivity contribution in [2.45, 2.75) is 58.8 Å². The van der Waals surface area contributed by atoms with Gasteiger partial charge in [0, 0.05) is 29.5 Å². The van der Waals surface area contributed by atoms with E-state index in [0.29, 0.717) is 23.6 Å². The van der Waals surface area contributed by atoms with Crippen LogP contribution in [0.25, 0.3) is 11.0 Å². The molecule has 1 amide bonds. The number of alkyl halides is 3. The van der Waals surface area contributed by atoms with Crippen LogP contribution < -0.4 is 22.1 Å². The molecule has 0 saturated heterocycles. The van der Waals surface area contributed by atoms with Crippen molar-refractivity contribution in [3.8, 4) is 0 Å². The molecule has 8 N–H and O–H groups in total. The van der Waals surface area contributed by atoms with Gasteiger partial charge in [-0.15, -0.1) is 0 Å². The minimum Gasteiger partial charge on any atom is -0.475 e. The van der Waals surface area contributed by atoms with Gasteiger partial charge in [0.15, 0.2) is 0 Å². The fraction of sp³-hybridized carbons (Fsp3) is 0.391. The molecule has 0 aliphatic heterocycles. The number of anilines is 3. The van der Waals surface area contributed by atoms with E-state index in [0.717, 1.165) is 35.4 Å². The second kappa shape index (κ2) is 13.9. The van der Waals surface area contributed by atoms with E-state index in [2.05, 4.69) is 46.4 Å². The summed E-state index contributed by atoms with van der Waals surface area (Å²) in [6.45, 7) is 8.30. The number of carboxylic acid groups (broad SMARTS) is 1. The van der Waals surface area contributed by atoms with Crippen LogP contribution in [-0.2, 0) is 4.79 Å². The van der Waals surface area contributed by atoms with Gasteiger partial charge in [-0.05, 0) is 57.0 Å². The first-order chi connectivity index (χ1) is 16.8. The summed E-state index contributed by atoms with van der Waals surface area (Å²) < 4.78 is 31.7. The second-order valence-electron chi connectivity index (χ2n) is 7.84. The molecular formula is C23H32F3N7O3. The number of carbonyl (C=O) groups is 2. The van der Waals surface area contributed by atoms with E-state index in [1.54, 1.807) is 24.3 Å². The van der Waals surface area contributed by atoms with Gasteiger partial charge in [0.2, 0.25) is 11.9 Å². The molecule has 3 rings (SSSR count). The maximum atomic E-state index is 11.1. The van der Waals surface area contributed by atoms with Crippen molar-refractivity contribution in [3.05, 3.63) is 42.1 Å². The second-order valence-corrected chi connectivity index (χ2v) is 7.84. The first-order valence-electron chi connectivity index (χ1n) is 11.1. The van der Waals surface area contributed by atoms with Crippen molar-refractivity contribution in [3.63, 3.8) is 0 Å². The Morgan fingerprint density at radius 3 is 2.08 bits per heavy atom. The minimum absolute atomic E-state index is 0.306. The first-order valence-corrected chi connectivity index (χ1v) is 11.1. The lowest BCUT2D eigenvalue weighted by Gasteiger charge is -2.14. The molecule has 13 heteroatoms. The smallest absolute Gasteiger partial charge is 0.475 e. The Bertz CT molecular complexity index is 1120. The van der Waals surface area contributed by atoms with Crippen LogP contribution in [0.3, 0.4) is 0 Å². The number of carboxylic acids is 1. The summed E-state index contributed by atoms with van der Waals surface area (Å²) in [6, 6.07) is 9.50. The summed E-state index contributed by atoms with van der Waals surface area (Å²) in [4.78, 5) is 32.2. The van der Waals surface area contributed by atoms with Gasteiger partial charge >= 0.3 is 12.1 Å². The topological polar surface area (TPSA) is 172 Å². The number of nitrogens with two attached hydrogens (primary N) is 2. The molecule has 1 aromatic carbocycles. The van der Waals surface area contributed by atoms with Crippen molar-refractivity contribution < 1.29 is 27.9 Å². The molecule has 198 valence electrons. The Morgan fingerprint density at radius 2 is 1.64 bits per heavy atom. The molecule has 0 aliphatic rings. The van der Waals surface area contributed by atoms with Crippen LogP contribution in [0, 0.1) is 0 Å². The Hall–Kier alpha value is -3.87. The fourth-order valence-electron chi connectivity index (χ4n) is 2.29. The van der Waals surface area contributed by atoms with Gasteiger partial charge in [0.05, 0.1) is 5.39 Å². The van der Waals surface area contributed by atoms with Gasteiger partial charge in [-0.1, -0.05) is 13.8 Å². The number of benzene rings is 1. The summed E-state index contributed by atoms with van der Waals surface area (Å²) in [7, 11) is 0. The van der Waals surface area contributed by atoms with E-state index in [1.165, 1.54) is 0 Å². The van der Waals surface area contributed by atoms with E-state index < -0.39 is 18.1 Å². The predicted octanol–water partition coefficient (Wildman–Crippen LogP) is 4.39. The number of aliphatic carboxylic acids is 1. The van der Waals surface area contributed by atoms with Crippen molar-refractivity contribution in [1.29, 1.82) is 0 Å². The van der Waals surface area contributed by atoms with Gasteiger partial charge in [0.1, 0.15) is 11.5 Å². The summed E-state index contributed by atoms with van der Waals surface area (Å²) in [5, 5.41) is 14.6. The third kappa shape index (κ3) is 10.2. The third-order valence-electron chi connectivity index (χ3n) is 4.72. The summed E-state index contributed by atoms with van der Waals surface area (Å²) in [5.74, 6) is -1.95. The maximum absolute atomic E-state index is 11.1. The summed E-state index contributed by atoms with van der Waals surface area (Å²) in [5.41, 5.74) is 12.5. The van der Waals surface area contributed by atoms with E-state index in [9.17, 15) is 18.0 Å². The fourth-order valence-corrected chi connectivity index (χ4v) is 2.29. The van der Waals surface area contributed by atoms with E-state index >= 15 is 0 Å². The largest absolute Gasteiger partial charge is 0.490 e. The number of aromatic nitrogens is 3. The highest BCUT2D eigenvalue weighted by Gasteiger charge is 2.38. The maximum Gasteiger partial charge on any atom is 0.490 e. The molecule has 0 radical (unpaired) electrons. The summed E-state index contributed by atoms with van der Waals surface area (Å²) in [6.07, 6.45) is -1.17. The van der Waals surface area contributed by atoms with Crippen molar-refractivity contribution in [1.82, 2.24) is 15.0 Å². The molecule has 0 aliphatic carbocycles. The molecule has 0 bridgehead atoms. The van der Waals surface area contributed by atoms with E-state index in [1.807, 2.05) is 19.2 Å². The number of carbonyl (C=O) groups excluding carboxylic acids is 1. The highest BCUT2D eigenvalue weighted by molar-refractivity contribution is 5.93. The number of aromatic amines is 1. The molecular weight excluding hydrogens is 479 g/mol.